The number of rotatable bonds is 3. The van der Waals surface area contributed by atoms with Gasteiger partial charge in [-0.2, -0.15) is 0 Å². The number of aliphatic hydroxyl groups is 1. The number of carbonyl (C=O) groups is 1. The predicted octanol–water partition coefficient (Wildman–Crippen LogP) is 2.36. The third kappa shape index (κ3) is 194. The van der Waals surface area contributed by atoms with Crippen LogP contribution in [0.15, 0.2) is 0 Å². The molecule has 0 aliphatic carbocycles. The first-order valence-corrected chi connectivity index (χ1v) is 5.14. The Balaban J connectivity index is -0.0000000553. The molecule has 0 aromatic heterocycles. The highest BCUT2D eigenvalue weighted by Crippen LogP contribution is 1.95. The minimum absolute atomic E-state index is 0. The normalized spacial score (nSPS) is 7.00. The first-order chi connectivity index (χ1) is 6.06. The van der Waals surface area contributed by atoms with Gasteiger partial charge >= 0.3 is 0 Å². The van der Waals surface area contributed by atoms with Gasteiger partial charge in [0.05, 0.1) is 0 Å². The fourth-order valence-corrected chi connectivity index (χ4v) is 0.500. The fourth-order valence-electron chi connectivity index (χ4n) is 0.500. The van der Waals surface area contributed by atoms with Crippen LogP contribution < -0.4 is 0 Å². The molecule has 14 heavy (non-hydrogen) atoms. The van der Waals surface area contributed by atoms with Crippen LogP contribution in [0, 0.1) is 0 Å². The van der Waals surface area contributed by atoms with Gasteiger partial charge in [0.15, 0.2) is 0 Å². The number of hydrogen-bond acceptors (Lipinski definition) is 2. The minimum atomic E-state index is 0. The van der Waals surface area contributed by atoms with Crippen molar-refractivity contribution in [1.82, 2.24) is 0 Å². The summed E-state index contributed by atoms with van der Waals surface area (Å²) in [6.45, 7) is 9.45. The minimum Gasteiger partial charge on any atom is -0.412 e. The summed E-state index contributed by atoms with van der Waals surface area (Å²) in [5.74, 6) is 0.167. The summed E-state index contributed by atoms with van der Waals surface area (Å²) >= 11 is 0. The van der Waals surface area contributed by atoms with Crippen molar-refractivity contribution >= 4 is 5.78 Å². The molecule has 90 valence electrons. The van der Waals surface area contributed by atoms with E-state index in [0.29, 0.717) is 0 Å². The second-order valence-corrected chi connectivity index (χ2v) is 2.93. The van der Waals surface area contributed by atoms with E-state index in [9.17, 15) is 4.79 Å². The average Bonchev–Trinajstić information content (AvgIpc) is 2.01. The van der Waals surface area contributed by atoms with Crippen LogP contribution in [-0.2, 0) is 4.79 Å². The van der Waals surface area contributed by atoms with Crippen LogP contribution in [0.25, 0.3) is 0 Å². The van der Waals surface area contributed by atoms with Crippen molar-refractivity contribution < 1.29 is 15.4 Å². The maximum Gasteiger partial charge on any atom is 0.126 e. The monoisotopic (exact) mass is 208 g/mol. The topological polar surface area (TPSA) is 68.8 Å². The molecule has 0 unspecified atom stereocenters. The Labute approximate surface area is 88.8 Å². The lowest BCUT2D eigenvalue weighted by atomic mass is 10.2. The van der Waals surface area contributed by atoms with Crippen LogP contribution in [0.4, 0.5) is 0 Å². The summed E-state index contributed by atoms with van der Waals surface area (Å²) in [4.78, 5) is 9.44. The van der Waals surface area contributed by atoms with Gasteiger partial charge in [0.1, 0.15) is 5.78 Å². The number of ketones is 1. The van der Waals surface area contributed by atoms with Crippen LogP contribution in [0.5, 0.6) is 0 Å². The van der Waals surface area contributed by atoms with Gasteiger partial charge in [-0.25, -0.2) is 0 Å². The summed E-state index contributed by atoms with van der Waals surface area (Å²) < 4.78 is 0. The lowest BCUT2D eigenvalue weighted by Gasteiger charge is -1.86. The molecule has 0 fully saturated rings. The zero-order valence-electron chi connectivity index (χ0n) is 10.4. The Morgan fingerprint density at radius 2 is 1.14 bits per heavy atom. The smallest absolute Gasteiger partial charge is 0.126 e. The van der Waals surface area contributed by atoms with E-state index >= 15 is 0 Å². The first-order valence-electron chi connectivity index (χ1n) is 5.14. The van der Waals surface area contributed by atoms with Gasteiger partial charge in [0.2, 0.25) is 0 Å². The first kappa shape index (κ1) is 23.4. The van der Waals surface area contributed by atoms with Gasteiger partial charge in [-0.3, -0.25) is 0 Å². The van der Waals surface area contributed by atoms with E-state index in [4.69, 9.17) is 5.11 Å². The van der Waals surface area contributed by atoms with Crippen molar-refractivity contribution in [2.75, 3.05) is 6.61 Å². The number of carbonyl (C=O) groups excluding carboxylic acids is 1. The average molecular weight is 208 g/mol. The molecular weight excluding hydrogens is 180 g/mol. The van der Waals surface area contributed by atoms with E-state index in [1.165, 1.54) is 39.5 Å². The van der Waals surface area contributed by atoms with E-state index < -0.39 is 0 Å². The van der Waals surface area contributed by atoms with Crippen molar-refractivity contribution in [3.8, 4) is 0 Å². The quantitative estimate of drug-likeness (QED) is 0.723. The molecule has 0 radical (unpaired) electrons. The van der Waals surface area contributed by atoms with Gasteiger partial charge in [0.25, 0.3) is 0 Å². The van der Waals surface area contributed by atoms with Gasteiger partial charge in [-0.15, -0.1) is 0 Å². The Hall–Kier alpha value is -0.410. The third-order valence-corrected chi connectivity index (χ3v) is 0.957. The summed E-state index contributed by atoms with van der Waals surface area (Å²) in [5.41, 5.74) is 0. The van der Waals surface area contributed by atoms with E-state index in [1.54, 1.807) is 6.92 Å². The van der Waals surface area contributed by atoms with Crippen LogP contribution in [0.3, 0.4) is 0 Å². The van der Waals surface area contributed by atoms with Crippen molar-refractivity contribution in [1.29, 1.82) is 0 Å². The maximum absolute atomic E-state index is 9.44. The van der Waals surface area contributed by atoms with Gasteiger partial charge in [-0.1, -0.05) is 39.5 Å². The zero-order chi connectivity index (χ0) is 11.1. The molecular formula is C11H28O3. The predicted molar refractivity (Wildman–Crippen MR) is 62.5 cm³/mol. The van der Waals surface area contributed by atoms with Crippen molar-refractivity contribution in [2.45, 2.75) is 60.3 Å². The van der Waals surface area contributed by atoms with E-state index in [0.717, 1.165) is 0 Å². The molecule has 0 amide bonds. The van der Waals surface area contributed by atoms with E-state index in [1.807, 2.05) is 0 Å². The molecule has 0 bridgehead atoms. The van der Waals surface area contributed by atoms with Gasteiger partial charge in [-0.05, 0) is 20.8 Å². The number of hydrogen-bond donors (Lipinski definition) is 1. The van der Waals surface area contributed by atoms with Crippen molar-refractivity contribution in [3.05, 3.63) is 0 Å². The molecule has 0 aliphatic rings. The summed E-state index contributed by atoms with van der Waals surface area (Å²) in [7, 11) is 0. The Bertz CT molecular complexity index is 74.6. The molecule has 3 nitrogen and oxygen atoms in total. The molecule has 0 saturated heterocycles. The fraction of sp³-hybridized carbons (Fsp3) is 0.909. The summed E-state index contributed by atoms with van der Waals surface area (Å²) in [6.07, 6.45) is 5.54. The molecule has 0 spiro atoms. The standard InChI is InChI=1S/C6H14.C3H6O.C2H6O.H2O/c1-3-5-6-4-2;1-3(2)4;1-2-3;/h3-6H2,1-2H3;1-2H3;3H,2H2,1H3;1H2. The molecule has 0 heterocycles. The van der Waals surface area contributed by atoms with Crippen molar-refractivity contribution in [3.63, 3.8) is 0 Å². The molecule has 3 N–H and O–H groups in total. The lowest BCUT2D eigenvalue weighted by Crippen LogP contribution is -1.69. The highest BCUT2D eigenvalue weighted by atomic mass is 16.2. The molecule has 0 saturated carbocycles. The lowest BCUT2D eigenvalue weighted by molar-refractivity contribution is -0.114. The Morgan fingerprint density at radius 1 is 1.00 bits per heavy atom. The van der Waals surface area contributed by atoms with Crippen LogP contribution >= 0.6 is 0 Å². The van der Waals surface area contributed by atoms with Gasteiger partial charge < -0.3 is 15.4 Å². The molecule has 0 rings (SSSR count). The van der Waals surface area contributed by atoms with Crippen LogP contribution in [0.1, 0.15) is 60.3 Å². The van der Waals surface area contributed by atoms with E-state index in [2.05, 4.69) is 13.8 Å². The largest absolute Gasteiger partial charge is 0.412 e. The van der Waals surface area contributed by atoms with Gasteiger partial charge in [0, 0.05) is 6.61 Å². The summed E-state index contributed by atoms with van der Waals surface area (Å²) in [5, 5.41) is 7.57. The molecule has 0 aromatic carbocycles. The van der Waals surface area contributed by atoms with Crippen LogP contribution in [0.2, 0.25) is 0 Å². The van der Waals surface area contributed by atoms with E-state index in [-0.39, 0.29) is 17.9 Å². The highest BCUT2D eigenvalue weighted by Gasteiger charge is 1.75. The Morgan fingerprint density at radius 3 is 1.21 bits per heavy atom. The molecule has 0 atom stereocenters. The number of unbranched alkanes of at least 4 members (excludes halogenated alkanes) is 3. The summed E-state index contributed by atoms with van der Waals surface area (Å²) in [6, 6.07) is 0. The zero-order valence-corrected chi connectivity index (χ0v) is 10.4. The third-order valence-electron chi connectivity index (χ3n) is 0.957. The number of aliphatic hydroxyl groups excluding tert-OH is 1. The molecule has 3 heteroatoms. The number of Topliss-reactive ketones (excluding diaryl/α,β-unsaturated/α-hetero) is 1. The Kier molecular flexibility index (Phi) is 49.1. The molecule has 0 aromatic rings. The van der Waals surface area contributed by atoms with Crippen LogP contribution in [-0.4, -0.2) is 23.0 Å². The second-order valence-electron chi connectivity index (χ2n) is 2.93. The SMILES string of the molecule is CC(C)=O.CCCCCC.CCO.O. The molecule has 0 aliphatic heterocycles. The highest BCUT2D eigenvalue weighted by molar-refractivity contribution is 5.72. The maximum atomic E-state index is 9.44. The second kappa shape index (κ2) is 29.4. The van der Waals surface area contributed by atoms with Crippen molar-refractivity contribution in [2.24, 2.45) is 0 Å².